The lowest BCUT2D eigenvalue weighted by molar-refractivity contribution is 0.318. The molecule has 0 radical (unpaired) electrons. The molecule has 2 N–H and O–H groups in total. The van der Waals surface area contributed by atoms with Crippen molar-refractivity contribution in [3.63, 3.8) is 0 Å². The van der Waals surface area contributed by atoms with Crippen molar-refractivity contribution in [1.82, 2.24) is 9.55 Å². The standard InChI is InChI=1S/C17H24ClN3/c1-11(2)21-16-9-14(18)7-8-15(16)20-17(21)13-5-3-12(10-19)4-6-13/h7-9,11-13H,3-6,10,19H2,1-2H3. The minimum atomic E-state index is 0.399. The summed E-state index contributed by atoms with van der Waals surface area (Å²) in [5, 5.41) is 0.780. The Balaban J connectivity index is 2.00. The van der Waals surface area contributed by atoms with Crippen molar-refractivity contribution in [3.8, 4) is 0 Å². The normalized spacial score (nSPS) is 23.1. The number of benzene rings is 1. The summed E-state index contributed by atoms with van der Waals surface area (Å²) in [5.74, 6) is 2.49. The average Bonchev–Trinajstić information content (AvgIpc) is 2.86. The van der Waals surface area contributed by atoms with Gasteiger partial charge in [0.1, 0.15) is 5.82 Å². The van der Waals surface area contributed by atoms with Gasteiger partial charge in [-0.3, -0.25) is 0 Å². The summed E-state index contributed by atoms with van der Waals surface area (Å²) in [6, 6.07) is 6.40. The Hall–Kier alpha value is -1.06. The third kappa shape index (κ3) is 2.82. The first-order valence-electron chi connectivity index (χ1n) is 7.97. The zero-order chi connectivity index (χ0) is 15.0. The molecule has 4 heteroatoms. The van der Waals surface area contributed by atoms with E-state index in [1.165, 1.54) is 31.5 Å². The monoisotopic (exact) mass is 305 g/mol. The predicted molar refractivity (Wildman–Crippen MR) is 88.9 cm³/mol. The van der Waals surface area contributed by atoms with E-state index >= 15 is 0 Å². The van der Waals surface area contributed by atoms with E-state index in [0.717, 1.165) is 22.6 Å². The molecule has 21 heavy (non-hydrogen) atoms. The number of hydrogen-bond donors (Lipinski definition) is 1. The fourth-order valence-corrected chi connectivity index (χ4v) is 3.74. The van der Waals surface area contributed by atoms with Gasteiger partial charge in [-0.25, -0.2) is 4.98 Å². The predicted octanol–water partition coefficient (Wildman–Crippen LogP) is 4.50. The second-order valence-corrected chi connectivity index (χ2v) is 6.96. The van der Waals surface area contributed by atoms with E-state index in [2.05, 4.69) is 18.4 Å². The lowest BCUT2D eigenvalue weighted by Gasteiger charge is -2.28. The summed E-state index contributed by atoms with van der Waals surface area (Å²) in [5.41, 5.74) is 8.03. The van der Waals surface area contributed by atoms with Gasteiger partial charge in [-0.1, -0.05) is 11.6 Å². The summed E-state index contributed by atoms with van der Waals surface area (Å²) < 4.78 is 2.37. The van der Waals surface area contributed by atoms with Crippen LogP contribution in [-0.4, -0.2) is 16.1 Å². The zero-order valence-electron chi connectivity index (χ0n) is 12.8. The van der Waals surface area contributed by atoms with Gasteiger partial charge >= 0.3 is 0 Å². The molecule has 1 aliphatic rings. The molecule has 1 fully saturated rings. The van der Waals surface area contributed by atoms with Gasteiger partial charge in [0.05, 0.1) is 11.0 Å². The maximum Gasteiger partial charge on any atom is 0.113 e. The highest BCUT2D eigenvalue weighted by Gasteiger charge is 2.26. The zero-order valence-corrected chi connectivity index (χ0v) is 13.6. The number of nitrogens with two attached hydrogens (primary N) is 1. The summed E-state index contributed by atoms with van der Waals surface area (Å²) in [6.45, 7) is 5.26. The van der Waals surface area contributed by atoms with Crippen LogP contribution < -0.4 is 5.73 Å². The molecule has 0 bridgehead atoms. The number of imidazole rings is 1. The van der Waals surface area contributed by atoms with Crippen LogP contribution in [0.15, 0.2) is 18.2 Å². The molecule has 1 aromatic carbocycles. The quantitative estimate of drug-likeness (QED) is 0.907. The third-order valence-corrected chi connectivity index (χ3v) is 4.98. The molecule has 1 aromatic heterocycles. The molecular weight excluding hydrogens is 282 g/mol. The number of fused-ring (bicyclic) bond motifs is 1. The smallest absolute Gasteiger partial charge is 0.113 e. The molecule has 0 spiro atoms. The van der Waals surface area contributed by atoms with Crippen molar-refractivity contribution in [2.75, 3.05) is 6.54 Å². The molecule has 0 atom stereocenters. The van der Waals surface area contributed by atoms with E-state index in [9.17, 15) is 0 Å². The van der Waals surface area contributed by atoms with Crippen molar-refractivity contribution >= 4 is 22.6 Å². The first-order valence-corrected chi connectivity index (χ1v) is 8.35. The Morgan fingerprint density at radius 2 is 2.00 bits per heavy atom. The molecule has 3 rings (SSSR count). The van der Waals surface area contributed by atoms with E-state index in [4.69, 9.17) is 22.3 Å². The minimum Gasteiger partial charge on any atom is -0.330 e. The Kier molecular flexibility index (Phi) is 4.23. The fraction of sp³-hybridized carbons (Fsp3) is 0.588. The van der Waals surface area contributed by atoms with Crippen LogP contribution in [0.3, 0.4) is 0 Å². The molecule has 1 heterocycles. The first kappa shape index (κ1) is 14.9. The van der Waals surface area contributed by atoms with Gasteiger partial charge in [0.2, 0.25) is 0 Å². The highest BCUT2D eigenvalue weighted by atomic mass is 35.5. The number of rotatable bonds is 3. The molecular formula is C17H24ClN3. The first-order chi connectivity index (χ1) is 10.1. The van der Waals surface area contributed by atoms with Crippen LogP contribution in [0.1, 0.15) is 57.3 Å². The van der Waals surface area contributed by atoms with Crippen molar-refractivity contribution in [1.29, 1.82) is 0 Å². The molecule has 0 amide bonds. The van der Waals surface area contributed by atoms with Crippen LogP contribution in [0.2, 0.25) is 5.02 Å². The van der Waals surface area contributed by atoms with E-state index in [1.807, 2.05) is 18.2 Å². The minimum absolute atomic E-state index is 0.399. The summed E-state index contributed by atoms with van der Waals surface area (Å²) in [7, 11) is 0. The van der Waals surface area contributed by atoms with Crippen molar-refractivity contribution in [3.05, 3.63) is 29.0 Å². The van der Waals surface area contributed by atoms with Gasteiger partial charge in [0.15, 0.2) is 0 Å². The number of nitrogens with zero attached hydrogens (tertiary/aromatic N) is 2. The van der Waals surface area contributed by atoms with Crippen LogP contribution >= 0.6 is 11.6 Å². The van der Waals surface area contributed by atoms with Crippen LogP contribution in [0.25, 0.3) is 11.0 Å². The van der Waals surface area contributed by atoms with Crippen molar-refractivity contribution < 1.29 is 0 Å². The summed E-state index contributed by atoms with van der Waals surface area (Å²) in [4.78, 5) is 4.92. The average molecular weight is 306 g/mol. The Morgan fingerprint density at radius 3 is 2.62 bits per heavy atom. The van der Waals surface area contributed by atoms with E-state index in [0.29, 0.717) is 17.9 Å². The van der Waals surface area contributed by atoms with Gasteiger partial charge in [0, 0.05) is 17.0 Å². The molecule has 2 aromatic rings. The lowest BCUT2D eigenvalue weighted by Crippen LogP contribution is -2.22. The summed E-state index contributed by atoms with van der Waals surface area (Å²) in [6.07, 6.45) is 4.85. The van der Waals surface area contributed by atoms with Gasteiger partial charge in [-0.2, -0.15) is 0 Å². The molecule has 0 saturated heterocycles. The molecule has 114 valence electrons. The van der Waals surface area contributed by atoms with Crippen LogP contribution in [0.4, 0.5) is 0 Å². The molecule has 3 nitrogen and oxygen atoms in total. The third-order valence-electron chi connectivity index (χ3n) is 4.74. The topological polar surface area (TPSA) is 43.8 Å². The number of aromatic nitrogens is 2. The van der Waals surface area contributed by atoms with Crippen LogP contribution in [0.5, 0.6) is 0 Å². The van der Waals surface area contributed by atoms with Gasteiger partial charge in [-0.05, 0) is 70.2 Å². The summed E-state index contributed by atoms with van der Waals surface area (Å²) >= 11 is 6.17. The maximum absolute atomic E-state index is 6.17. The largest absolute Gasteiger partial charge is 0.330 e. The molecule has 0 aliphatic heterocycles. The Labute approximate surface area is 131 Å². The molecule has 0 unspecified atom stereocenters. The Morgan fingerprint density at radius 1 is 1.29 bits per heavy atom. The highest BCUT2D eigenvalue weighted by Crippen LogP contribution is 2.37. The van der Waals surface area contributed by atoms with E-state index < -0.39 is 0 Å². The van der Waals surface area contributed by atoms with Crippen molar-refractivity contribution in [2.45, 2.75) is 51.5 Å². The maximum atomic E-state index is 6.17. The van der Waals surface area contributed by atoms with Gasteiger partial charge in [-0.15, -0.1) is 0 Å². The highest BCUT2D eigenvalue weighted by molar-refractivity contribution is 6.31. The van der Waals surface area contributed by atoms with Crippen LogP contribution in [0, 0.1) is 5.92 Å². The lowest BCUT2D eigenvalue weighted by atomic mass is 9.81. The molecule has 1 aliphatic carbocycles. The number of halogens is 1. The van der Waals surface area contributed by atoms with E-state index in [1.54, 1.807) is 0 Å². The number of hydrogen-bond acceptors (Lipinski definition) is 2. The second-order valence-electron chi connectivity index (χ2n) is 6.52. The fourth-order valence-electron chi connectivity index (χ4n) is 3.57. The van der Waals surface area contributed by atoms with Gasteiger partial charge < -0.3 is 10.3 Å². The SMILES string of the molecule is CC(C)n1c(C2CCC(CN)CC2)nc2ccc(Cl)cc21. The van der Waals surface area contributed by atoms with Crippen LogP contribution in [-0.2, 0) is 0 Å². The Bertz CT molecular complexity index is 624. The van der Waals surface area contributed by atoms with Gasteiger partial charge in [0.25, 0.3) is 0 Å². The molecule has 1 saturated carbocycles. The van der Waals surface area contributed by atoms with E-state index in [-0.39, 0.29) is 0 Å². The van der Waals surface area contributed by atoms with Crippen molar-refractivity contribution in [2.24, 2.45) is 11.7 Å². The second kappa shape index (κ2) is 5.98.